The Morgan fingerprint density at radius 1 is 0.629 bits per heavy atom. The Morgan fingerprint density at radius 3 is 1.68 bits per heavy atom. The first-order valence-corrected chi connectivity index (χ1v) is 18.9. The number of ether oxygens (including phenoxy) is 10. The molecule has 0 unspecified atom stereocenters. The lowest BCUT2D eigenvalue weighted by molar-refractivity contribution is -0.314. The average molecular weight is 873 g/mol. The van der Waals surface area contributed by atoms with E-state index < -0.39 is 137 Å². The molecule has 0 amide bonds. The van der Waals surface area contributed by atoms with Crippen LogP contribution in [0.5, 0.6) is 17.2 Å². The fourth-order valence-electron chi connectivity index (χ4n) is 7.17. The van der Waals surface area contributed by atoms with Crippen LogP contribution < -0.4 is 10.2 Å². The summed E-state index contributed by atoms with van der Waals surface area (Å²) in [7, 11) is 0. The molecule has 3 heterocycles. The van der Waals surface area contributed by atoms with Crippen molar-refractivity contribution < 1.29 is 95.6 Å². The molecule has 334 valence electrons. The Bertz CT molecular complexity index is 2280. The van der Waals surface area contributed by atoms with Crippen molar-refractivity contribution in [3.63, 3.8) is 0 Å². The molecule has 2 aliphatic rings. The van der Waals surface area contributed by atoms with Crippen LogP contribution in [0.3, 0.4) is 0 Å². The third kappa shape index (κ3) is 10.6. The molecule has 2 fully saturated rings. The van der Waals surface area contributed by atoms with Crippen molar-refractivity contribution in [1.82, 2.24) is 0 Å². The van der Waals surface area contributed by atoms with Crippen molar-refractivity contribution in [3.8, 4) is 28.4 Å². The monoisotopic (exact) mass is 872 g/mol. The molecule has 0 saturated carbocycles. The van der Waals surface area contributed by atoms with Crippen LogP contribution in [0.4, 0.5) is 0 Å². The van der Waals surface area contributed by atoms with E-state index in [1.54, 1.807) is 0 Å². The summed E-state index contributed by atoms with van der Waals surface area (Å²) in [5, 5.41) is 22.9. The average Bonchev–Trinajstić information content (AvgIpc) is 3.15. The number of carbonyl (C=O) groups excluding carboxylic acids is 7. The Kier molecular flexibility index (Phi) is 14.6. The van der Waals surface area contributed by atoms with Gasteiger partial charge < -0.3 is 62.0 Å². The first-order chi connectivity index (χ1) is 29.2. The van der Waals surface area contributed by atoms with Crippen molar-refractivity contribution in [2.75, 3.05) is 6.61 Å². The molecule has 2 N–H and O–H groups in total. The summed E-state index contributed by atoms with van der Waals surface area (Å²) in [6, 6.07) is 6.72. The van der Waals surface area contributed by atoms with Gasteiger partial charge in [0.15, 0.2) is 42.9 Å². The molecule has 2 saturated heterocycles. The molecule has 0 spiro atoms. The SMILES string of the molecule is CC(=O)Oc1ccc(-c2coc3cc(O)c([C@@H]4O[C@H](CO[C@@H]5O[C@@H](C)[C@H](OC(C)=O)[C@@H](OC(C)=O)[C@H]5OC(C)=O)[C@@H](OC(C)=O)[C@H](OC(C)=O)[C@H]4OC(C)=O)c(O)c3c2=O)cc1. The van der Waals surface area contributed by atoms with E-state index in [1.165, 1.54) is 38.1 Å². The van der Waals surface area contributed by atoms with Gasteiger partial charge in [0.25, 0.3) is 0 Å². The smallest absolute Gasteiger partial charge is 0.308 e. The number of benzene rings is 2. The lowest BCUT2D eigenvalue weighted by Crippen LogP contribution is -2.62. The Hall–Kier alpha value is -6.58. The molecular weight excluding hydrogens is 828 g/mol. The van der Waals surface area contributed by atoms with Crippen LogP contribution in [0, 0.1) is 0 Å². The highest BCUT2D eigenvalue weighted by atomic mass is 16.7. The maximum absolute atomic E-state index is 14.1. The first-order valence-electron chi connectivity index (χ1n) is 18.9. The number of esters is 7. The number of phenolic OH excluding ortho intramolecular Hbond substituents is 2. The van der Waals surface area contributed by atoms with Crippen molar-refractivity contribution in [1.29, 1.82) is 0 Å². The molecule has 2 aliphatic heterocycles. The van der Waals surface area contributed by atoms with Crippen molar-refractivity contribution in [2.45, 2.75) is 117 Å². The lowest BCUT2D eigenvalue weighted by Gasteiger charge is -2.46. The third-order valence-corrected chi connectivity index (χ3v) is 9.37. The number of rotatable bonds is 12. The van der Waals surface area contributed by atoms with Gasteiger partial charge in [-0.25, -0.2) is 0 Å². The summed E-state index contributed by atoms with van der Waals surface area (Å²) in [6.45, 7) is 8.13. The van der Waals surface area contributed by atoms with Gasteiger partial charge in [0.2, 0.25) is 5.43 Å². The summed E-state index contributed by atoms with van der Waals surface area (Å²) in [5.74, 6) is -7.48. The first kappa shape index (κ1) is 46.5. The maximum atomic E-state index is 14.1. The molecule has 5 rings (SSSR count). The molecule has 62 heavy (non-hydrogen) atoms. The molecule has 0 bridgehead atoms. The normalized spacial score (nSPS) is 25.7. The summed E-state index contributed by atoms with van der Waals surface area (Å²) in [5.41, 5.74) is -1.48. The van der Waals surface area contributed by atoms with Gasteiger partial charge in [-0.15, -0.1) is 0 Å². The van der Waals surface area contributed by atoms with E-state index in [-0.39, 0.29) is 22.5 Å². The summed E-state index contributed by atoms with van der Waals surface area (Å²) >= 11 is 0. The number of phenols is 2. The van der Waals surface area contributed by atoms with Crippen molar-refractivity contribution in [3.05, 3.63) is 52.4 Å². The molecule has 21 nitrogen and oxygen atoms in total. The van der Waals surface area contributed by atoms with Crippen LogP contribution in [0.2, 0.25) is 0 Å². The second kappa shape index (κ2) is 19.4. The standard InChI is InChI=1S/C41H44O21/c1-16-34(56-18(3)43)37(58-20(5)45)40(61-23(8)48)41(54-16)53-15-29-35(57-19(4)44)38(59-21(6)46)39(60-22(7)47)36(62-29)30-27(49)13-28-31(33(30)51)32(50)26(14-52-28)24-9-11-25(12-10-24)55-17(2)42/h9-14,16,29,34-41,49,51H,15H2,1-8H3/t16-,29+,34-,35+,36-,37+,38-,39-,40+,41+/m0/s1. The van der Waals surface area contributed by atoms with E-state index in [0.717, 1.165) is 53.9 Å². The molecule has 0 radical (unpaired) electrons. The third-order valence-electron chi connectivity index (χ3n) is 9.37. The molecule has 10 atom stereocenters. The fraction of sp³-hybridized carbons (Fsp3) is 0.463. The van der Waals surface area contributed by atoms with E-state index in [2.05, 4.69) is 0 Å². The van der Waals surface area contributed by atoms with E-state index in [1.807, 2.05) is 0 Å². The van der Waals surface area contributed by atoms with Crippen molar-refractivity contribution >= 4 is 52.8 Å². The minimum Gasteiger partial charge on any atom is -0.507 e. The van der Waals surface area contributed by atoms with Gasteiger partial charge in [0.1, 0.15) is 46.7 Å². The van der Waals surface area contributed by atoms with Crippen LogP contribution >= 0.6 is 0 Å². The molecule has 2 aromatic carbocycles. The number of fused-ring (bicyclic) bond motifs is 1. The number of carbonyl (C=O) groups is 7. The van der Waals surface area contributed by atoms with Gasteiger partial charge in [-0.3, -0.25) is 38.4 Å². The Morgan fingerprint density at radius 2 is 1.13 bits per heavy atom. The van der Waals surface area contributed by atoms with Crippen LogP contribution in [0.15, 0.2) is 45.8 Å². The van der Waals surface area contributed by atoms with Crippen LogP contribution in [0.1, 0.15) is 67.1 Å². The van der Waals surface area contributed by atoms with Gasteiger partial charge >= 0.3 is 41.8 Å². The second-order valence-electron chi connectivity index (χ2n) is 14.2. The van der Waals surface area contributed by atoms with E-state index in [0.29, 0.717) is 0 Å². The lowest BCUT2D eigenvalue weighted by atomic mass is 9.88. The fourth-order valence-corrected chi connectivity index (χ4v) is 7.17. The predicted molar refractivity (Wildman–Crippen MR) is 204 cm³/mol. The number of aromatic hydroxyl groups is 2. The zero-order valence-corrected chi connectivity index (χ0v) is 34.6. The van der Waals surface area contributed by atoms with Crippen LogP contribution in [-0.2, 0) is 76.2 Å². The minimum absolute atomic E-state index is 0.0778. The highest BCUT2D eigenvalue weighted by Gasteiger charge is 2.55. The van der Waals surface area contributed by atoms with Crippen LogP contribution in [0.25, 0.3) is 22.1 Å². The predicted octanol–water partition coefficient (Wildman–Crippen LogP) is 2.59. The van der Waals surface area contributed by atoms with Crippen LogP contribution in [-0.4, -0.2) is 114 Å². The summed E-state index contributed by atoms with van der Waals surface area (Å²) in [6.07, 6.45) is -14.7. The largest absolute Gasteiger partial charge is 0.507 e. The topological polar surface area (TPSA) is 282 Å². The van der Waals surface area contributed by atoms with Gasteiger partial charge in [-0.1, -0.05) is 12.1 Å². The highest BCUT2D eigenvalue weighted by Crippen LogP contribution is 2.47. The molecular formula is C41H44O21. The van der Waals surface area contributed by atoms with Gasteiger partial charge in [0.05, 0.1) is 23.8 Å². The highest BCUT2D eigenvalue weighted by molar-refractivity contribution is 5.90. The quantitative estimate of drug-likeness (QED) is 0.150. The van der Waals surface area contributed by atoms with Gasteiger partial charge in [-0.05, 0) is 24.6 Å². The summed E-state index contributed by atoms with van der Waals surface area (Å²) < 4.78 is 62.0. The zero-order valence-electron chi connectivity index (χ0n) is 34.6. The second-order valence-corrected chi connectivity index (χ2v) is 14.2. The molecule has 3 aromatic rings. The Labute approximate surface area is 351 Å². The minimum atomic E-state index is -1.85. The Balaban J connectivity index is 1.63. The zero-order chi connectivity index (χ0) is 45.7. The van der Waals surface area contributed by atoms with Crippen molar-refractivity contribution in [2.24, 2.45) is 0 Å². The molecule has 21 heteroatoms. The molecule has 0 aliphatic carbocycles. The van der Waals surface area contributed by atoms with E-state index >= 15 is 0 Å². The number of hydrogen-bond donors (Lipinski definition) is 2. The van der Waals surface area contributed by atoms with Gasteiger partial charge in [0, 0.05) is 54.5 Å². The molecule has 1 aromatic heterocycles. The number of hydrogen-bond acceptors (Lipinski definition) is 21. The van der Waals surface area contributed by atoms with E-state index in [9.17, 15) is 48.6 Å². The van der Waals surface area contributed by atoms with Gasteiger partial charge in [-0.2, -0.15) is 0 Å². The van der Waals surface area contributed by atoms with E-state index in [4.69, 9.17) is 51.8 Å². The maximum Gasteiger partial charge on any atom is 0.308 e. The summed E-state index contributed by atoms with van der Waals surface area (Å²) in [4.78, 5) is 99.9.